The van der Waals surface area contributed by atoms with E-state index in [4.69, 9.17) is 0 Å². The molecule has 4 nitrogen and oxygen atoms in total. The van der Waals surface area contributed by atoms with Crippen molar-refractivity contribution in [2.75, 3.05) is 0 Å². The van der Waals surface area contributed by atoms with Crippen LogP contribution in [-0.4, -0.2) is 17.5 Å². The molecule has 0 bridgehead atoms. The minimum absolute atomic E-state index is 0.173. The molecule has 1 aliphatic carbocycles. The summed E-state index contributed by atoms with van der Waals surface area (Å²) in [6.07, 6.45) is 2.55. The maximum absolute atomic E-state index is 10.9. The van der Waals surface area contributed by atoms with Crippen molar-refractivity contribution >= 4 is 17.5 Å². The Labute approximate surface area is 70.6 Å². The van der Waals surface area contributed by atoms with Crippen molar-refractivity contribution < 1.29 is 14.4 Å². The summed E-state index contributed by atoms with van der Waals surface area (Å²) in [5.74, 6) is -0.271. The van der Waals surface area contributed by atoms with Crippen molar-refractivity contribution in [3.63, 3.8) is 0 Å². The standard InChI is InChI=1S/C8H11NO3/c1-6(10)12-9-7-3-2-4-8(11)5-7/h2-5H2,1H3. The number of rotatable bonds is 1. The number of Topliss-reactive ketones (excluding diaryl/α,β-unsaturated/α-hetero) is 1. The largest absolute Gasteiger partial charge is 0.331 e. The van der Waals surface area contributed by atoms with Gasteiger partial charge in [-0.3, -0.25) is 4.79 Å². The first-order valence-electron chi connectivity index (χ1n) is 3.93. The van der Waals surface area contributed by atoms with Gasteiger partial charge in [-0.1, -0.05) is 5.16 Å². The molecular formula is C8H11NO3. The van der Waals surface area contributed by atoms with E-state index in [1.165, 1.54) is 6.92 Å². The minimum atomic E-state index is -0.444. The molecule has 66 valence electrons. The number of ketones is 1. The summed E-state index contributed by atoms with van der Waals surface area (Å²) in [6, 6.07) is 0. The van der Waals surface area contributed by atoms with Gasteiger partial charge >= 0.3 is 5.97 Å². The first-order chi connectivity index (χ1) is 5.68. The van der Waals surface area contributed by atoms with Crippen LogP contribution < -0.4 is 0 Å². The van der Waals surface area contributed by atoms with Crippen LogP contribution in [0.5, 0.6) is 0 Å². The zero-order chi connectivity index (χ0) is 8.97. The van der Waals surface area contributed by atoms with Crippen molar-refractivity contribution in [1.29, 1.82) is 0 Å². The molecule has 0 N–H and O–H groups in total. The predicted octanol–water partition coefficient (Wildman–Crippen LogP) is 1.05. The molecule has 1 saturated carbocycles. The molecule has 0 amide bonds. The molecule has 0 unspecified atom stereocenters. The van der Waals surface area contributed by atoms with Gasteiger partial charge in [0.1, 0.15) is 5.78 Å². The molecule has 0 aromatic heterocycles. The third kappa shape index (κ3) is 2.82. The zero-order valence-corrected chi connectivity index (χ0v) is 7.00. The van der Waals surface area contributed by atoms with Gasteiger partial charge in [-0.05, 0) is 12.8 Å². The van der Waals surface area contributed by atoms with Gasteiger partial charge in [-0.15, -0.1) is 0 Å². The summed E-state index contributed by atoms with van der Waals surface area (Å²) < 4.78 is 0. The second-order valence-corrected chi connectivity index (χ2v) is 2.81. The van der Waals surface area contributed by atoms with Crippen molar-refractivity contribution in [3.8, 4) is 0 Å². The lowest BCUT2D eigenvalue weighted by molar-refractivity contribution is -0.141. The third-order valence-electron chi connectivity index (χ3n) is 1.63. The molecule has 4 heteroatoms. The van der Waals surface area contributed by atoms with E-state index in [-0.39, 0.29) is 5.78 Å². The Morgan fingerprint density at radius 1 is 1.50 bits per heavy atom. The lowest BCUT2D eigenvalue weighted by atomic mass is 9.98. The predicted molar refractivity (Wildman–Crippen MR) is 42.7 cm³/mol. The molecule has 1 fully saturated rings. The first kappa shape index (κ1) is 8.90. The average Bonchev–Trinajstić information content (AvgIpc) is 2.01. The molecule has 0 atom stereocenters. The van der Waals surface area contributed by atoms with Gasteiger partial charge < -0.3 is 4.84 Å². The molecule has 0 radical (unpaired) electrons. The van der Waals surface area contributed by atoms with Crippen LogP contribution in [0.4, 0.5) is 0 Å². The first-order valence-corrected chi connectivity index (χ1v) is 3.93. The number of hydrogen-bond donors (Lipinski definition) is 0. The minimum Gasteiger partial charge on any atom is -0.319 e. The van der Waals surface area contributed by atoms with Gasteiger partial charge in [0.2, 0.25) is 0 Å². The SMILES string of the molecule is CC(=O)ON=C1CCCC(=O)C1. The highest BCUT2D eigenvalue weighted by atomic mass is 16.7. The summed E-state index contributed by atoms with van der Waals surface area (Å²) in [7, 11) is 0. The van der Waals surface area contributed by atoms with Gasteiger partial charge in [0.15, 0.2) is 0 Å². The summed E-state index contributed by atoms with van der Waals surface area (Å²) >= 11 is 0. The quantitative estimate of drug-likeness (QED) is 0.435. The second-order valence-electron chi connectivity index (χ2n) is 2.81. The van der Waals surface area contributed by atoms with Crippen molar-refractivity contribution in [1.82, 2.24) is 0 Å². The molecule has 0 aliphatic heterocycles. The highest BCUT2D eigenvalue weighted by molar-refractivity contribution is 6.03. The Hall–Kier alpha value is -1.19. The van der Waals surface area contributed by atoms with Crippen LogP contribution in [0.3, 0.4) is 0 Å². The smallest absolute Gasteiger partial charge is 0.319 e. The summed E-state index contributed by atoms with van der Waals surface area (Å²) in [6.45, 7) is 1.29. The van der Waals surface area contributed by atoms with E-state index in [2.05, 4.69) is 9.99 Å². The number of carbonyl (C=O) groups excluding carboxylic acids is 2. The van der Waals surface area contributed by atoms with E-state index in [1.54, 1.807) is 0 Å². The Bertz CT molecular complexity index is 232. The topological polar surface area (TPSA) is 55.7 Å². The highest BCUT2D eigenvalue weighted by Crippen LogP contribution is 2.11. The molecular weight excluding hydrogens is 158 g/mol. The summed E-state index contributed by atoms with van der Waals surface area (Å²) in [5, 5.41) is 3.58. The Kier molecular flexibility index (Phi) is 2.96. The third-order valence-corrected chi connectivity index (χ3v) is 1.63. The molecule has 0 aromatic rings. The Balaban J connectivity index is 2.45. The van der Waals surface area contributed by atoms with Gasteiger partial charge in [-0.2, -0.15) is 0 Å². The highest BCUT2D eigenvalue weighted by Gasteiger charge is 2.14. The van der Waals surface area contributed by atoms with E-state index >= 15 is 0 Å². The van der Waals surface area contributed by atoms with Gasteiger partial charge in [-0.25, -0.2) is 4.79 Å². The molecule has 0 saturated heterocycles. The fraction of sp³-hybridized carbons (Fsp3) is 0.625. The normalized spacial score (nSPS) is 21.1. The van der Waals surface area contributed by atoms with E-state index in [1.807, 2.05) is 0 Å². The molecule has 0 aromatic carbocycles. The van der Waals surface area contributed by atoms with E-state index in [9.17, 15) is 9.59 Å². The van der Waals surface area contributed by atoms with Gasteiger partial charge in [0, 0.05) is 19.8 Å². The van der Waals surface area contributed by atoms with E-state index < -0.39 is 5.97 Å². The number of oxime groups is 1. The van der Waals surface area contributed by atoms with Crippen molar-refractivity contribution in [2.24, 2.45) is 5.16 Å². The van der Waals surface area contributed by atoms with Crippen LogP contribution in [0, 0.1) is 0 Å². The number of carbonyl (C=O) groups is 2. The monoisotopic (exact) mass is 169 g/mol. The molecule has 1 aliphatic rings. The summed E-state index contributed by atoms with van der Waals surface area (Å²) in [5.41, 5.74) is 0.682. The average molecular weight is 169 g/mol. The van der Waals surface area contributed by atoms with Crippen LogP contribution >= 0.6 is 0 Å². The maximum atomic E-state index is 10.9. The molecule has 0 heterocycles. The van der Waals surface area contributed by atoms with Gasteiger partial charge in [0.05, 0.1) is 5.71 Å². The zero-order valence-electron chi connectivity index (χ0n) is 7.00. The van der Waals surface area contributed by atoms with Crippen LogP contribution in [0.15, 0.2) is 5.16 Å². The van der Waals surface area contributed by atoms with E-state index in [0.717, 1.165) is 12.8 Å². The Morgan fingerprint density at radius 2 is 2.25 bits per heavy atom. The number of nitrogens with zero attached hydrogens (tertiary/aromatic N) is 1. The van der Waals surface area contributed by atoms with E-state index in [0.29, 0.717) is 18.6 Å². The molecule has 1 rings (SSSR count). The van der Waals surface area contributed by atoms with Crippen molar-refractivity contribution in [2.45, 2.75) is 32.6 Å². The van der Waals surface area contributed by atoms with Crippen LogP contribution in [0.25, 0.3) is 0 Å². The summed E-state index contributed by atoms with van der Waals surface area (Å²) in [4.78, 5) is 25.7. The molecule has 0 spiro atoms. The number of hydrogen-bond acceptors (Lipinski definition) is 4. The fourth-order valence-electron chi connectivity index (χ4n) is 1.10. The van der Waals surface area contributed by atoms with Gasteiger partial charge in [0.25, 0.3) is 0 Å². The van der Waals surface area contributed by atoms with Crippen LogP contribution in [-0.2, 0) is 14.4 Å². The molecule has 12 heavy (non-hydrogen) atoms. The maximum Gasteiger partial charge on any atom is 0.331 e. The lowest BCUT2D eigenvalue weighted by Gasteiger charge is -2.09. The Morgan fingerprint density at radius 3 is 2.83 bits per heavy atom. The second kappa shape index (κ2) is 3.99. The van der Waals surface area contributed by atoms with Crippen molar-refractivity contribution in [3.05, 3.63) is 0 Å². The fourth-order valence-corrected chi connectivity index (χ4v) is 1.10. The lowest BCUT2D eigenvalue weighted by Crippen LogP contribution is -2.15. The van der Waals surface area contributed by atoms with Crippen LogP contribution in [0.1, 0.15) is 32.6 Å². The van der Waals surface area contributed by atoms with Crippen LogP contribution in [0.2, 0.25) is 0 Å².